The lowest BCUT2D eigenvalue weighted by Gasteiger charge is -2.12. The lowest BCUT2D eigenvalue weighted by molar-refractivity contribution is -0.117. The molecular weight excluding hydrogens is 598 g/mol. The Bertz CT molecular complexity index is 1400. The molecule has 0 atom stereocenters. The van der Waals surface area contributed by atoms with Crippen LogP contribution in [0.25, 0.3) is 17.1 Å². The van der Waals surface area contributed by atoms with Crippen LogP contribution in [0.1, 0.15) is 5.56 Å². The first kappa shape index (κ1) is 25.0. The van der Waals surface area contributed by atoms with Gasteiger partial charge in [-0.15, -0.1) is 10.2 Å². The molecule has 4 aromatic rings. The Kier molecular flexibility index (Phi) is 7.89. The number of hydrogen-bond acceptors (Lipinski definition) is 6. The van der Waals surface area contributed by atoms with Gasteiger partial charge in [0.15, 0.2) is 11.0 Å². The second-order valence-electron chi connectivity index (χ2n) is 7.37. The number of benzene rings is 3. The van der Waals surface area contributed by atoms with Crippen molar-refractivity contribution >= 4 is 61.2 Å². The monoisotopic (exact) mass is 615 g/mol. The number of carbonyl (C=O) groups excluding carboxylic acids is 2. The summed E-state index contributed by atoms with van der Waals surface area (Å²) in [7, 11) is 0. The van der Waals surface area contributed by atoms with Gasteiger partial charge in [-0.05, 0) is 58.7 Å². The van der Waals surface area contributed by atoms with Crippen molar-refractivity contribution in [1.29, 1.82) is 0 Å². The molecule has 0 unspecified atom stereocenters. The van der Waals surface area contributed by atoms with Crippen LogP contribution >= 0.6 is 43.6 Å². The molecule has 0 radical (unpaired) electrons. The number of para-hydroxylation sites is 2. The number of aromatic hydroxyl groups is 1. The minimum Gasteiger partial charge on any atom is -0.506 e. The van der Waals surface area contributed by atoms with E-state index in [0.29, 0.717) is 26.7 Å². The highest BCUT2D eigenvalue weighted by Crippen LogP contribution is 2.39. The maximum Gasteiger partial charge on any atom is 0.325 e. The molecule has 3 amide bonds. The number of urea groups is 1. The number of thioether (sulfide) groups is 1. The summed E-state index contributed by atoms with van der Waals surface area (Å²) >= 11 is 7.91. The predicted molar refractivity (Wildman–Crippen MR) is 143 cm³/mol. The first-order chi connectivity index (χ1) is 16.8. The fraction of sp³-hybridized carbons (Fsp3) is 0.0833. The largest absolute Gasteiger partial charge is 0.506 e. The third-order valence-electron chi connectivity index (χ3n) is 4.90. The van der Waals surface area contributed by atoms with Gasteiger partial charge in [-0.3, -0.25) is 14.7 Å². The van der Waals surface area contributed by atoms with Gasteiger partial charge in [0.05, 0.1) is 15.8 Å². The van der Waals surface area contributed by atoms with Gasteiger partial charge in [-0.2, -0.15) is 0 Å². The highest BCUT2D eigenvalue weighted by atomic mass is 79.9. The Labute approximate surface area is 222 Å². The molecule has 3 aromatic carbocycles. The Morgan fingerprint density at radius 1 is 1.03 bits per heavy atom. The van der Waals surface area contributed by atoms with Crippen LogP contribution in [0, 0.1) is 6.92 Å². The Hall–Kier alpha value is -3.15. The Balaban J connectivity index is 1.55. The summed E-state index contributed by atoms with van der Waals surface area (Å²) in [5.41, 5.74) is 2.72. The van der Waals surface area contributed by atoms with Crippen LogP contribution in [0.2, 0.25) is 0 Å². The SMILES string of the molecule is Cc1ccccc1NC(=O)NC(=O)CSc1nnc(-c2cc(Br)cc(Br)c2O)n1-c1ccccc1. The van der Waals surface area contributed by atoms with E-state index in [2.05, 4.69) is 52.7 Å². The lowest BCUT2D eigenvalue weighted by atomic mass is 10.2. The van der Waals surface area contributed by atoms with Gasteiger partial charge < -0.3 is 10.4 Å². The summed E-state index contributed by atoms with van der Waals surface area (Å²) in [6, 6.07) is 19.5. The van der Waals surface area contributed by atoms with Gasteiger partial charge in [-0.1, -0.05) is 64.1 Å². The standard InChI is InChI=1S/C24H19Br2N5O3S/c1-14-7-5-6-10-19(14)27-23(34)28-20(32)13-35-24-30-29-22(31(24)16-8-3-2-4-9-16)17-11-15(25)12-18(26)21(17)33/h2-12,33H,13H2,1H3,(H2,27,28,32,34). The van der Waals surface area contributed by atoms with E-state index >= 15 is 0 Å². The van der Waals surface area contributed by atoms with Gasteiger partial charge >= 0.3 is 6.03 Å². The zero-order chi connectivity index (χ0) is 24.9. The van der Waals surface area contributed by atoms with E-state index in [4.69, 9.17) is 0 Å². The fourth-order valence-electron chi connectivity index (χ4n) is 3.24. The highest BCUT2D eigenvalue weighted by molar-refractivity contribution is 9.11. The van der Waals surface area contributed by atoms with Crippen molar-refractivity contribution in [2.75, 3.05) is 11.1 Å². The van der Waals surface area contributed by atoms with Crippen molar-refractivity contribution in [3.05, 3.63) is 81.2 Å². The number of halogens is 2. The van der Waals surface area contributed by atoms with E-state index in [1.165, 1.54) is 0 Å². The van der Waals surface area contributed by atoms with Gasteiger partial charge in [0.1, 0.15) is 5.75 Å². The Morgan fingerprint density at radius 3 is 2.49 bits per heavy atom. The zero-order valence-corrected chi connectivity index (χ0v) is 22.3. The van der Waals surface area contributed by atoms with E-state index in [9.17, 15) is 14.7 Å². The van der Waals surface area contributed by atoms with E-state index < -0.39 is 11.9 Å². The van der Waals surface area contributed by atoms with Crippen LogP contribution in [0.4, 0.5) is 10.5 Å². The van der Waals surface area contributed by atoms with Crippen LogP contribution in [-0.2, 0) is 4.79 Å². The number of hydrogen-bond donors (Lipinski definition) is 3. The molecule has 3 N–H and O–H groups in total. The average molecular weight is 617 g/mol. The highest BCUT2D eigenvalue weighted by Gasteiger charge is 2.21. The molecule has 0 fully saturated rings. The minimum atomic E-state index is -0.612. The summed E-state index contributed by atoms with van der Waals surface area (Å²) in [6.07, 6.45) is 0. The summed E-state index contributed by atoms with van der Waals surface area (Å²) in [4.78, 5) is 24.7. The van der Waals surface area contributed by atoms with Crippen LogP contribution in [-0.4, -0.2) is 37.6 Å². The van der Waals surface area contributed by atoms with Crippen LogP contribution in [0.15, 0.2) is 80.8 Å². The summed E-state index contributed by atoms with van der Waals surface area (Å²) in [5.74, 6) is -0.144. The van der Waals surface area contributed by atoms with Crippen molar-refractivity contribution in [3.8, 4) is 22.8 Å². The second kappa shape index (κ2) is 11.1. The number of phenols is 1. The number of carbonyl (C=O) groups is 2. The molecule has 0 bridgehead atoms. The van der Waals surface area contributed by atoms with E-state index in [0.717, 1.165) is 27.5 Å². The summed E-state index contributed by atoms with van der Waals surface area (Å²) in [5, 5.41) is 24.6. The molecule has 35 heavy (non-hydrogen) atoms. The first-order valence-corrected chi connectivity index (χ1v) is 12.9. The number of anilines is 1. The number of phenolic OH excluding ortho intramolecular Hbond substituents is 1. The topological polar surface area (TPSA) is 109 Å². The van der Waals surface area contributed by atoms with Crippen molar-refractivity contribution < 1.29 is 14.7 Å². The Morgan fingerprint density at radius 2 is 1.74 bits per heavy atom. The molecule has 8 nitrogen and oxygen atoms in total. The van der Waals surface area contributed by atoms with Crippen LogP contribution in [0.5, 0.6) is 5.75 Å². The summed E-state index contributed by atoms with van der Waals surface area (Å²) in [6.45, 7) is 1.86. The molecule has 178 valence electrons. The number of rotatable bonds is 6. The average Bonchev–Trinajstić information content (AvgIpc) is 3.26. The molecule has 0 spiro atoms. The minimum absolute atomic E-state index is 0.0138. The second-order valence-corrected chi connectivity index (χ2v) is 10.1. The van der Waals surface area contributed by atoms with Crippen LogP contribution in [0.3, 0.4) is 0 Å². The third-order valence-corrected chi connectivity index (χ3v) is 6.89. The maximum atomic E-state index is 12.5. The normalized spacial score (nSPS) is 10.7. The molecular formula is C24H19Br2N5O3S. The number of nitrogens with one attached hydrogen (secondary N) is 2. The molecule has 0 saturated carbocycles. The van der Waals surface area contributed by atoms with Crippen molar-refractivity contribution in [2.24, 2.45) is 0 Å². The quantitative estimate of drug-likeness (QED) is 0.232. The van der Waals surface area contributed by atoms with E-state index in [1.807, 2.05) is 49.4 Å². The zero-order valence-electron chi connectivity index (χ0n) is 18.3. The maximum absolute atomic E-state index is 12.5. The molecule has 1 aromatic heterocycles. The molecule has 11 heteroatoms. The summed E-state index contributed by atoms with van der Waals surface area (Å²) < 4.78 is 2.99. The van der Waals surface area contributed by atoms with Gasteiger partial charge in [0.2, 0.25) is 5.91 Å². The van der Waals surface area contributed by atoms with Crippen molar-refractivity contribution in [2.45, 2.75) is 12.1 Å². The lowest BCUT2D eigenvalue weighted by Crippen LogP contribution is -2.35. The number of imide groups is 1. The van der Waals surface area contributed by atoms with Crippen molar-refractivity contribution in [1.82, 2.24) is 20.1 Å². The molecule has 0 aliphatic rings. The number of amides is 3. The number of aromatic nitrogens is 3. The molecule has 0 saturated heterocycles. The molecule has 0 aliphatic heterocycles. The first-order valence-electron chi connectivity index (χ1n) is 10.3. The van der Waals surface area contributed by atoms with Crippen LogP contribution < -0.4 is 10.6 Å². The number of nitrogens with zero attached hydrogens (tertiary/aromatic N) is 3. The van der Waals surface area contributed by atoms with E-state index in [1.54, 1.807) is 28.8 Å². The van der Waals surface area contributed by atoms with Gasteiger partial charge in [-0.25, -0.2) is 4.79 Å². The van der Waals surface area contributed by atoms with Crippen molar-refractivity contribution in [3.63, 3.8) is 0 Å². The van der Waals surface area contributed by atoms with E-state index in [-0.39, 0.29) is 11.5 Å². The third kappa shape index (κ3) is 5.92. The number of aryl methyl sites for hydroxylation is 1. The molecule has 4 rings (SSSR count). The smallest absolute Gasteiger partial charge is 0.325 e. The predicted octanol–water partition coefficient (Wildman–Crippen LogP) is 5.91. The fourth-order valence-corrected chi connectivity index (χ4v) is 5.22. The van der Waals surface area contributed by atoms with Gasteiger partial charge in [0, 0.05) is 15.8 Å². The van der Waals surface area contributed by atoms with Gasteiger partial charge in [0.25, 0.3) is 0 Å². The molecule has 1 heterocycles. The molecule has 0 aliphatic carbocycles.